The Morgan fingerprint density at radius 3 is 2.52 bits per heavy atom. The quantitative estimate of drug-likeness (QED) is 0.213. The number of para-hydroxylation sites is 2. The van der Waals surface area contributed by atoms with E-state index in [1.165, 1.54) is 11.8 Å². The van der Waals surface area contributed by atoms with Crippen LogP contribution in [0.15, 0.2) is 82.7 Å². The monoisotopic (exact) mass is 442 g/mol. The van der Waals surface area contributed by atoms with Gasteiger partial charge in [0, 0.05) is 10.8 Å². The van der Waals surface area contributed by atoms with E-state index < -0.39 is 0 Å². The molecule has 0 fully saturated rings. The van der Waals surface area contributed by atoms with Gasteiger partial charge in [-0.3, -0.25) is 9.36 Å². The number of ether oxygens (including phenoxy) is 1. The third kappa shape index (κ3) is 4.42. The van der Waals surface area contributed by atoms with Crippen molar-refractivity contribution < 1.29 is 4.74 Å². The first-order valence-electron chi connectivity index (χ1n) is 8.91. The van der Waals surface area contributed by atoms with Crippen molar-refractivity contribution in [3.63, 3.8) is 0 Å². The highest BCUT2D eigenvalue weighted by atomic mass is 35.5. The Bertz CT molecular complexity index is 1210. The molecule has 0 radical (unpaired) electrons. The van der Waals surface area contributed by atoms with Crippen LogP contribution in [-0.4, -0.2) is 21.9 Å². The second-order valence-corrected chi connectivity index (χ2v) is 8.07. The van der Waals surface area contributed by atoms with Gasteiger partial charge in [0.15, 0.2) is 5.16 Å². The first-order chi connectivity index (χ1) is 14.1. The zero-order valence-electron chi connectivity index (χ0n) is 15.2. The Labute approximate surface area is 182 Å². The molecule has 0 aliphatic rings. The van der Waals surface area contributed by atoms with Crippen LogP contribution in [0.3, 0.4) is 0 Å². The summed E-state index contributed by atoms with van der Waals surface area (Å²) in [7, 11) is 0. The van der Waals surface area contributed by atoms with E-state index in [-0.39, 0.29) is 5.56 Å². The van der Waals surface area contributed by atoms with Gasteiger partial charge in [0.05, 0.1) is 28.2 Å². The Hall–Kier alpha value is -2.47. The van der Waals surface area contributed by atoms with Gasteiger partial charge in [-0.25, -0.2) is 4.98 Å². The molecule has 4 rings (SSSR count). The predicted molar refractivity (Wildman–Crippen MR) is 120 cm³/mol. The van der Waals surface area contributed by atoms with Crippen LogP contribution in [0.4, 0.5) is 0 Å². The van der Waals surface area contributed by atoms with Gasteiger partial charge in [-0.1, -0.05) is 65.3 Å². The number of rotatable bonds is 6. The molecule has 0 spiro atoms. The Morgan fingerprint density at radius 2 is 1.72 bits per heavy atom. The molecule has 146 valence electrons. The molecule has 0 N–H and O–H groups in total. The number of hydrogen-bond acceptors (Lipinski definition) is 4. The van der Waals surface area contributed by atoms with Crippen molar-refractivity contribution in [2.24, 2.45) is 0 Å². The SMILES string of the molecule is O=c1c2ccc(Cl)cc2nc(SCCOc2ccccc2Cl)n1-c1ccccc1. The fourth-order valence-electron chi connectivity index (χ4n) is 2.89. The van der Waals surface area contributed by atoms with Crippen molar-refractivity contribution in [3.8, 4) is 11.4 Å². The van der Waals surface area contributed by atoms with Crippen LogP contribution in [0.5, 0.6) is 5.75 Å². The molecule has 1 aromatic heterocycles. The van der Waals surface area contributed by atoms with Gasteiger partial charge in [0.1, 0.15) is 5.75 Å². The van der Waals surface area contributed by atoms with E-state index in [1.807, 2.05) is 48.5 Å². The van der Waals surface area contributed by atoms with E-state index in [0.29, 0.717) is 44.2 Å². The van der Waals surface area contributed by atoms with Crippen LogP contribution in [0.2, 0.25) is 10.0 Å². The predicted octanol–water partition coefficient (Wildman–Crippen LogP) is 5.86. The highest BCUT2D eigenvalue weighted by Crippen LogP contribution is 2.25. The lowest BCUT2D eigenvalue weighted by atomic mass is 10.2. The number of halogens is 2. The lowest BCUT2D eigenvalue weighted by Gasteiger charge is -2.13. The molecule has 4 aromatic rings. The Balaban J connectivity index is 1.65. The first kappa shape index (κ1) is 19.8. The summed E-state index contributed by atoms with van der Waals surface area (Å²) in [6.07, 6.45) is 0. The normalized spacial score (nSPS) is 11.0. The van der Waals surface area contributed by atoms with Gasteiger partial charge in [-0.05, 0) is 42.5 Å². The molecular weight excluding hydrogens is 427 g/mol. The molecule has 0 saturated heterocycles. The smallest absolute Gasteiger partial charge is 0.266 e. The molecule has 0 unspecified atom stereocenters. The van der Waals surface area contributed by atoms with Crippen molar-refractivity contribution in [2.75, 3.05) is 12.4 Å². The topological polar surface area (TPSA) is 44.1 Å². The molecule has 3 aromatic carbocycles. The number of nitrogens with zero attached hydrogens (tertiary/aromatic N) is 2. The average molecular weight is 443 g/mol. The Morgan fingerprint density at radius 1 is 0.966 bits per heavy atom. The minimum Gasteiger partial charge on any atom is -0.491 e. The van der Waals surface area contributed by atoms with E-state index in [4.69, 9.17) is 32.9 Å². The standard InChI is InChI=1S/C22H16Cl2N2O2S/c23-15-10-11-17-19(14-15)25-22(26(21(17)27)16-6-2-1-3-7-16)29-13-12-28-20-9-5-4-8-18(20)24/h1-11,14H,12-13H2. The second kappa shape index (κ2) is 8.91. The van der Waals surface area contributed by atoms with Crippen molar-refractivity contribution in [3.05, 3.63) is 93.2 Å². The molecule has 0 aliphatic carbocycles. The number of aromatic nitrogens is 2. The summed E-state index contributed by atoms with van der Waals surface area (Å²) in [4.78, 5) is 17.9. The van der Waals surface area contributed by atoms with E-state index in [9.17, 15) is 4.79 Å². The highest BCUT2D eigenvalue weighted by Gasteiger charge is 2.14. The maximum Gasteiger partial charge on any atom is 0.266 e. The minimum atomic E-state index is -0.132. The molecule has 0 atom stereocenters. The first-order valence-corrected chi connectivity index (χ1v) is 10.7. The van der Waals surface area contributed by atoms with Crippen molar-refractivity contribution in [1.29, 1.82) is 0 Å². The highest BCUT2D eigenvalue weighted by molar-refractivity contribution is 7.99. The van der Waals surface area contributed by atoms with Gasteiger partial charge in [-0.2, -0.15) is 0 Å². The van der Waals surface area contributed by atoms with Crippen LogP contribution >= 0.6 is 35.0 Å². The van der Waals surface area contributed by atoms with Gasteiger partial charge >= 0.3 is 0 Å². The number of hydrogen-bond donors (Lipinski definition) is 0. The molecule has 4 nitrogen and oxygen atoms in total. The van der Waals surface area contributed by atoms with E-state index in [0.717, 1.165) is 5.69 Å². The third-order valence-corrected chi connectivity index (χ3v) is 5.67. The summed E-state index contributed by atoms with van der Waals surface area (Å²) >= 11 is 13.7. The summed E-state index contributed by atoms with van der Waals surface area (Å²) in [5.74, 6) is 1.23. The molecule has 0 aliphatic heterocycles. The molecule has 0 saturated carbocycles. The molecule has 0 bridgehead atoms. The largest absolute Gasteiger partial charge is 0.491 e. The maximum atomic E-state index is 13.2. The molecule has 29 heavy (non-hydrogen) atoms. The van der Waals surface area contributed by atoms with Gasteiger partial charge in [0.2, 0.25) is 0 Å². The summed E-state index contributed by atoms with van der Waals surface area (Å²) in [5, 5.41) is 2.21. The molecule has 1 heterocycles. The lowest BCUT2D eigenvalue weighted by Crippen LogP contribution is -2.22. The number of fused-ring (bicyclic) bond motifs is 1. The van der Waals surface area contributed by atoms with Crippen molar-refractivity contribution >= 4 is 45.9 Å². The summed E-state index contributed by atoms with van der Waals surface area (Å²) in [6.45, 7) is 0.423. The van der Waals surface area contributed by atoms with Crippen LogP contribution in [0.25, 0.3) is 16.6 Å². The van der Waals surface area contributed by atoms with Crippen LogP contribution < -0.4 is 10.3 Å². The minimum absolute atomic E-state index is 0.132. The van der Waals surface area contributed by atoms with E-state index in [2.05, 4.69) is 0 Å². The molecule has 0 amide bonds. The Kier molecular flexibility index (Phi) is 6.09. The van der Waals surface area contributed by atoms with Crippen LogP contribution in [-0.2, 0) is 0 Å². The lowest BCUT2D eigenvalue weighted by molar-refractivity contribution is 0.344. The molecular formula is C22H16Cl2N2O2S. The number of benzene rings is 3. The fourth-order valence-corrected chi connectivity index (χ4v) is 4.07. The van der Waals surface area contributed by atoms with E-state index >= 15 is 0 Å². The van der Waals surface area contributed by atoms with Crippen LogP contribution in [0, 0.1) is 0 Å². The van der Waals surface area contributed by atoms with Gasteiger partial charge < -0.3 is 4.74 Å². The van der Waals surface area contributed by atoms with E-state index in [1.54, 1.807) is 28.8 Å². The zero-order chi connectivity index (χ0) is 20.2. The number of thioether (sulfide) groups is 1. The van der Waals surface area contributed by atoms with Gasteiger partial charge in [0.25, 0.3) is 5.56 Å². The zero-order valence-corrected chi connectivity index (χ0v) is 17.5. The van der Waals surface area contributed by atoms with Crippen molar-refractivity contribution in [1.82, 2.24) is 9.55 Å². The fraction of sp³-hybridized carbons (Fsp3) is 0.0909. The van der Waals surface area contributed by atoms with Gasteiger partial charge in [-0.15, -0.1) is 0 Å². The summed E-state index contributed by atoms with van der Waals surface area (Å²) in [6, 6.07) is 21.9. The summed E-state index contributed by atoms with van der Waals surface area (Å²) in [5.41, 5.74) is 1.20. The second-order valence-electron chi connectivity index (χ2n) is 6.16. The molecule has 7 heteroatoms. The average Bonchev–Trinajstić information content (AvgIpc) is 2.73. The van der Waals surface area contributed by atoms with Crippen molar-refractivity contribution in [2.45, 2.75) is 5.16 Å². The third-order valence-electron chi connectivity index (χ3n) is 4.22. The summed E-state index contributed by atoms with van der Waals surface area (Å²) < 4.78 is 7.37. The maximum absolute atomic E-state index is 13.2. The van der Waals surface area contributed by atoms with Crippen LogP contribution in [0.1, 0.15) is 0 Å².